The Kier molecular flexibility index (Phi) is 6.81. The van der Waals surface area contributed by atoms with E-state index in [1.807, 2.05) is 49.4 Å². The van der Waals surface area contributed by atoms with Gasteiger partial charge in [0.15, 0.2) is 6.61 Å². The molecule has 0 saturated heterocycles. The maximum atomic E-state index is 11.9. The number of carbonyl (C=O) groups is 2. The molecule has 24 heavy (non-hydrogen) atoms. The number of benzene rings is 2. The molecule has 2 N–H and O–H groups in total. The fourth-order valence-electron chi connectivity index (χ4n) is 2.02. The number of ether oxygens (including phenoxy) is 1. The number of amides is 2. The molecular formula is C18H19BrN2O3. The summed E-state index contributed by atoms with van der Waals surface area (Å²) in [7, 11) is 0. The second kappa shape index (κ2) is 9.08. The number of halogens is 1. The number of hydrogen-bond acceptors (Lipinski definition) is 3. The maximum absolute atomic E-state index is 11.9. The molecule has 1 atom stereocenters. The topological polar surface area (TPSA) is 67.4 Å². The number of nitrogens with one attached hydrogen (secondary N) is 2. The zero-order chi connectivity index (χ0) is 17.4. The number of rotatable bonds is 7. The molecule has 0 saturated carbocycles. The minimum atomic E-state index is -0.342. The molecule has 0 aliphatic rings. The first-order valence-corrected chi connectivity index (χ1v) is 8.33. The summed E-state index contributed by atoms with van der Waals surface area (Å²) < 4.78 is 6.30. The van der Waals surface area contributed by atoms with Crippen molar-refractivity contribution in [2.24, 2.45) is 0 Å². The molecule has 2 rings (SSSR count). The van der Waals surface area contributed by atoms with Crippen LogP contribution in [0.4, 0.5) is 0 Å². The van der Waals surface area contributed by atoms with Gasteiger partial charge in [-0.15, -0.1) is 0 Å². The van der Waals surface area contributed by atoms with E-state index in [9.17, 15) is 9.59 Å². The van der Waals surface area contributed by atoms with Crippen molar-refractivity contribution >= 4 is 27.7 Å². The van der Waals surface area contributed by atoms with Gasteiger partial charge in [-0.3, -0.25) is 9.59 Å². The van der Waals surface area contributed by atoms with Crippen LogP contribution in [-0.4, -0.2) is 25.0 Å². The highest BCUT2D eigenvalue weighted by atomic mass is 79.9. The van der Waals surface area contributed by atoms with Crippen molar-refractivity contribution in [3.05, 3.63) is 64.6 Å². The molecule has 0 aromatic heterocycles. The minimum absolute atomic E-state index is 0.0855. The molecule has 0 aliphatic heterocycles. The van der Waals surface area contributed by atoms with E-state index < -0.39 is 0 Å². The van der Waals surface area contributed by atoms with Gasteiger partial charge < -0.3 is 15.4 Å². The highest BCUT2D eigenvalue weighted by molar-refractivity contribution is 9.10. The Labute approximate surface area is 149 Å². The van der Waals surface area contributed by atoms with Crippen molar-refractivity contribution in [2.45, 2.75) is 13.0 Å². The van der Waals surface area contributed by atoms with Crippen LogP contribution < -0.4 is 15.4 Å². The van der Waals surface area contributed by atoms with Crippen molar-refractivity contribution < 1.29 is 14.3 Å². The van der Waals surface area contributed by atoms with Crippen molar-refractivity contribution in [1.29, 1.82) is 0 Å². The molecule has 2 amide bonds. The van der Waals surface area contributed by atoms with Crippen LogP contribution in [0, 0.1) is 0 Å². The Balaban J connectivity index is 1.70. The van der Waals surface area contributed by atoms with Crippen molar-refractivity contribution in [3.8, 4) is 5.75 Å². The van der Waals surface area contributed by atoms with Gasteiger partial charge in [0.25, 0.3) is 5.91 Å². The van der Waals surface area contributed by atoms with E-state index in [4.69, 9.17) is 4.74 Å². The smallest absolute Gasteiger partial charge is 0.258 e. The monoisotopic (exact) mass is 390 g/mol. The van der Waals surface area contributed by atoms with Gasteiger partial charge in [0.2, 0.25) is 5.91 Å². The van der Waals surface area contributed by atoms with Crippen molar-refractivity contribution in [2.75, 3.05) is 13.2 Å². The summed E-state index contributed by atoms with van der Waals surface area (Å²) in [6.45, 7) is 1.68. The van der Waals surface area contributed by atoms with Crippen molar-refractivity contribution in [3.63, 3.8) is 0 Å². The van der Waals surface area contributed by atoms with E-state index in [-0.39, 0.29) is 31.0 Å². The Morgan fingerprint density at radius 1 is 1.04 bits per heavy atom. The third-order valence-electron chi connectivity index (χ3n) is 3.31. The highest BCUT2D eigenvalue weighted by Gasteiger charge is 2.11. The first-order valence-electron chi connectivity index (χ1n) is 7.54. The summed E-state index contributed by atoms with van der Waals surface area (Å²) in [5, 5.41) is 5.37. The van der Waals surface area contributed by atoms with Gasteiger partial charge in [-0.2, -0.15) is 0 Å². The predicted octanol–water partition coefficient (Wildman–Crippen LogP) is 2.82. The average molecular weight is 391 g/mol. The molecule has 0 fully saturated rings. The zero-order valence-corrected chi connectivity index (χ0v) is 14.9. The molecule has 2 aromatic carbocycles. The zero-order valence-electron chi connectivity index (χ0n) is 13.3. The lowest BCUT2D eigenvalue weighted by Gasteiger charge is -2.15. The molecule has 0 bridgehead atoms. The Bertz CT molecular complexity index is 674. The fraction of sp³-hybridized carbons (Fsp3) is 0.222. The van der Waals surface area contributed by atoms with E-state index in [0.29, 0.717) is 5.75 Å². The molecule has 0 heterocycles. The summed E-state index contributed by atoms with van der Waals surface area (Å²) in [6, 6.07) is 16.6. The van der Waals surface area contributed by atoms with Crippen LogP contribution in [-0.2, 0) is 9.59 Å². The second-order valence-electron chi connectivity index (χ2n) is 5.22. The molecule has 0 spiro atoms. The number of hydrogen-bond donors (Lipinski definition) is 2. The van der Waals surface area contributed by atoms with Gasteiger partial charge in [0, 0.05) is 4.47 Å². The predicted molar refractivity (Wildman–Crippen MR) is 95.6 cm³/mol. The quantitative estimate of drug-likeness (QED) is 0.763. The molecular weight excluding hydrogens is 372 g/mol. The Morgan fingerprint density at radius 2 is 1.71 bits per heavy atom. The molecule has 0 radical (unpaired) electrons. The molecule has 2 aromatic rings. The normalized spacial score (nSPS) is 11.4. The first kappa shape index (κ1) is 18.0. The van der Waals surface area contributed by atoms with Crippen LogP contribution in [0.2, 0.25) is 0 Å². The highest BCUT2D eigenvalue weighted by Crippen LogP contribution is 2.16. The summed E-state index contributed by atoms with van der Waals surface area (Å²) in [6.07, 6.45) is 0. The first-order chi connectivity index (χ1) is 11.5. The van der Waals surface area contributed by atoms with Gasteiger partial charge in [0.1, 0.15) is 5.75 Å². The summed E-state index contributed by atoms with van der Waals surface area (Å²) in [5.74, 6) is 0.0183. The fourth-order valence-corrected chi connectivity index (χ4v) is 2.29. The van der Waals surface area contributed by atoms with E-state index in [1.54, 1.807) is 12.1 Å². The third kappa shape index (κ3) is 6.04. The number of carbonyl (C=O) groups excluding carboxylic acids is 2. The van der Waals surface area contributed by atoms with E-state index >= 15 is 0 Å². The van der Waals surface area contributed by atoms with Crippen LogP contribution in [0.15, 0.2) is 59.1 Å². The van der Waals surface area contributed by atoms with Gasteiger partial charge >= 0.3 is 0 Å². The molecule has 0 aliphatic carbocycles. The van der Waals surface area contributed by atoms with Gasteiger partial charge in [-0.1, -0.05) is 46.3 Å². The van der Waals surface area contributed by atoms with E-state index in [2.05, 4.69) is 26.6 Å². The second-order valence-corrected chi connectivity index (χ2v) is 6.13. The summed E-state index contributed by atoms with van der Waals surface area (Å²) in [5.41, 5.74) is 0.991. The van der Waals surface area contributed by atoms with Crippen LogP contribution in [0.25, 0.3) is 0 Å². The van der Waals surface area contributed by atoms with Crippen LogP contribution in [0.5, 0.6) is 5.75 Å². The Morgan fingerprint density at radius 3 is 2.38 bits per heavy atom. The Hall–Kier alpha value is -2.34. The number of para-hydroxylation sites is 1. The molecule has 126 valence electrons. The largest absolute Gasteiger partial charge is 0.484 e. The summed E-state index contributed by atoms with van der Waals surface area (Å²) in [4.78, 5) is 23.6. The lowest BCUT2D eigenvalue weighted by molar-refractivity contribution is -0.127. The lowest BCUT2D eigenvalue weighted by atomic mass is 10.1. The minimum Gasteiger partial charge on any atom is -0.484 e. The maximum Gasteiger partial charge on any atom is 0.258 e. The van der Waals surface area contributed by atoms with Crippen LogP contribution in [0.1, 0.15) is 18.5 Å². The molecule has 6 heteroatoms. The SMILES string of the molecule is CC(NC(=O)CNC(=O)COc1ccccc1)c1ccc(Br)cc1. The average Bonchev–Trinajstić information content (AvgIpc) is 2.59. The van der Waals surface area contributed by atoms with Crippen molar-refractivity contribution in [1.82, 2.24) is 10.6 Å². The molecule has 5 nitrogen and oxygen atoms in total. The van der Waals surface area contributed by atoms with Gasteiger partial charge in [0.05, 0.1) is 12.6 Å². The van der Waals surface area contributed by atoms with E-state index in [0.717, 1.165) is 10.0 Å². The summed E-state index contributed by atoms with van der Waals surface area (Å²) >= 11 is 3.37. The van der Waals surface area contributed by atoms with Gasteiger partial charge in [-0.25, -0.2) is 0 Å². The van der Waals surface area contributed by atoms with Crippen LogP contribution in [0.3, 0.4) is 0 Å². The molecule has 1 unspecified atom stereocenters. The standard InChI is InChI=1S/C18H19BrN2O3/c1-13(14-7-9-15(19)10-8-14)21-17(22)11-20-18(23)12-24-16-5-3-2-4-6-16/h2-10,13H,11-12H2,1H3,(H,20,23)(H,21,22). The van der Waals surface area contributed by atoms with Crippen LogP contribution >= 0.6 is 15.9 Å². The van der Waals surface area contributed by atoms with E-state index in [1.165, 1.54) is 0 Å². The third-order valence-corrected chi connectivity index (χ3v) is 3.84. The lowest BCUT2D eigenvalue weighted by Crippen LogP contribution is -2.39. The van der Waals surface area contributed by atoms with Gasteiger partial charge in [-0.05, 0) is 36.8 Å².